The topological polar surface area (TPSA) is 42.0 Å². The van der Waals surface area contributed by atoms with Crippen LogP contribution >= 0.6 is 22.9 Å². The van der Waals surface area contributed by atoms with Crippen LogP contribution in [0.2, 0.25) is 5.02 Å². The Kier molecular flexibility index (Phi) is 6.28. The van der Waals surface area contributed by atoms with E-state index in [2.05, 4.69) is 40.6 Å². The number of fused-ring (bicyclic) bond motifs is 2. The number of rotatable bonds is 3. The molecule has 182 valence electrons. The largest absolute Gasteiger partial charge is 0.497 e. The number of methoxy groups -OCH3 is 1. The number of hydrogen-bond acceptors (Lipinski definition) is 5. The minimum atomic E-state index is -0.485. The van der Waals surface area contributed by atoms with Gasteiger partial charge in [0.2, 0.25) is 0 Å². The molecular weight excluding hydrogens is 480 g/mol. The Labute approximate surface area is 214 Å². The summed E-state index contributed by atoms with van der Waals surface area (Å²) in [6, 6.07) is 16.6. The molecule has 0 spiro atoms. The van der Waals surface area contributed by atoms with Crippen molar-refractivity contribution in [2.24, 2.45) is 0 Å². The summed E-state index contributed by atoms with van der Waals surface area (Å²) in [6.45, 7) is 8.47. The molecule has 5 rings (SSSR count). The molecule has 7 heteroatoms. The van der Waals surface area contributed by atoms with E-state index >= 15 is 0 Å². The van der Waals surface area contributed by atoms with Gasteiger partial charge in [0.05, 0.1) is 12.1 Å². The fourth-order valence-electron chi connectivity index (χ4n) is 4.55. The molecule has 1 saturated heterocycles. The van der Waals surface area contributed by atoms with Crippen molar-refractivity contribution in [1.82, 2.24) is 4.90 Å². The van der Waals surface area contributed by atoms with Crippen molar-refractivity contribution < 1.29 is 14.3 Å². The number of thiophene rings is 1. The second kappa shape index (κ2) is 9.25. The second-order valence-electron chi connectivity index (χ2n) is 9.81. The SMILES string of the molecule is COc1cc(-c2cc3csc(N4CCN(C(=O)OC(C)(C)C)CC4)c3cc2Cl)c2ccccc2c1. The summed E-state index contributed by atoms with van der Waals surface area (Å²) < 4.78 is 11.1. The molecule has 0 unspecified atom stereocenters. The third-order valence-corrected chi connectivity index (χ3v) is 7.63. The number of nitrogens with zero attached hydrogens (tertiary/aromatic N) is 2. The highest BCUT2D eigenvalue weighted by molar-refractivity contribution is 7.16. The van der Waals surface area contributed by atoms with Crippen LogP contribution in [0.1, 0.15) is 20.8 Å². The molecule has 0 N–H and O–H groups in total. The number of carbonyl (C=O) groups excluding carboxylic acids is 1. The summed E-state index contributed by atoms with van der Waals surface area (Å²) in [7, 11) is 1.69. The van der Waals surface area contributed by atoms with Crippen LogP contribution in [-0.4, -0.2) is 49.9 Å². The molecule has 1 fully saturated rings. The molecule has 1 aromatic heterocycles. The summed E-state index contributed by atoms with van der Waals surface area (Å²) >= 11 is 8.62. The molecule has 35 heavy (non-hydrogen) atoms. The van der Waals surface area contributed by atoms with E-state index in [1.807, 2.05) is 39.0 Å². The summed E-state index contributed by atoms with van der Waals surface area (Å²) in [5.41, 5.74) is 1.57. The zero-order chi connectivity index (χ0) is 24.7. The molecule has 2 heterocycles. The Morgan fingerprint density at radius 1 is 0.943 bits per heavy atom. The maximum absolute atomic E-state index is 12.4. The first kappa shape index (κ1) is 23.8. The van der Waals surface area contributed by atoms with Crippen LogP contribution in [0.25, 0.3) is 32.7 Å². The summed E-state index contributed by atoms with van der Waals surface area (Å²) in [6.07, 6.45) is -0.244. The molecule has 0 aliphatic carbocycles. The normalized spacial score (nSPS) is 14.5. The Balaban J connectivity index is 1.44. The number of carbonyl (C=O) groups is 1. The van der Waals surface area contributed by atoms with E-state index in [1.54, 1.807) is 23.3 Å². The van der Waals surface area contributed by atoms with Crippen molar-refractivity contribution in [3.05, 3.63) is 58.9 Å². The van der Waals surface area contributed by atoms with Crippen molar-refractivity contribution in [3.8, 4) is 16.9 Å². The lowest BCUT2D eigenvalue weighted by Crippen LogP contribution is -2.50. The van der Waals surface area contributed by atoms with Gasteiger partial charge >= 0.3 is 6.09 Å². The molecule has 5 nitrogen and oxygen atoms in total. The van der Waals surface area contributed by atoms with Gasteiger partial charge in [0, 0.05) is 47.5 Å². The maximum Gasteiger partial charge on any atom is 0.410 e. The number of ether oxygens (including phenoxy) is 2. The molecule has 0 saturated carbocycles. The van der Waals surface area contributed by atoms with Gasteiger partial charge in [0.25, 0.3) is 0 Å². The van der Waals surface area contributed by atoms with E-state index in [9.17, 15) is 4.79 Å². The van der Waals surface area contributed by atoms with E-state index in [0.717, 1.165) is 51.5 Å². The minimum absolute atomic E-state index is 0.244. The molecule has 0 atom stereocenters. The first-order chi connectivity index (χ1) is 16.7. The number of amides is 1. The Bertz CT molecular complexity index is 1400. The van der Waals surface area contributed by atoms with Crippen molar-refractivity contribution in [1.29, 1.82) is 0 Å². The quantitative estimate of drug-likeness (QED) is 0.288. The van der Waals surface area contributed by atoms with Gasteiger partial charge in [0.1, 0.15) is 11.4 Å². The highest BCUT2D eigenvalue weighted by atomic mass is 35.5. The zero-order valence-corrected chi connectivity index (χ0v) is 22.0. The zero-order valence-electron chi connectivity index (χ0n) is 20.4. The predicted octanol–water partition coefficient (Wildman–Crippen LogP) is 7.44. The molecule has 1 aliphatic rings. The number of benzene rings is 3. The standard InChI is InChI=1S/C28H29ClN2O3S/c1-28(2,3)34-27(32)31-11-9-30(10-12-31)26-22-16-25(29)24(14-19(22)17-35-26)23-15-20(33-4)13-18-7-5-6-8-21(18)23/h5-8,13-17H,9-12H2,1-4H3. The lowest BCUT2D eigenvalue weighted by atomic mass is 9.96. The first-order valence-corrected chi connectivity index (χ1v) is 13.0. The van der Waals surface area contributed by atoms with E-state index in [4.69, 9.17) is 21.1 Å². The Morgan fingerprint density at radius 2 is 1.69 bits per heavy atom. The lowest BCUT2D eigenvalue weighted by molar-refractivity contribution is 0.0241. The minimum Gasteiger partial charge on any atom is -0.497 e. The highest BCUT2D eigenvalue weighted by Crippen LogP contribution is 2.43. The molecular formula is C28H29ClN2O3S. The van der Waals surface area contributed by atoms with Gasteiger partial charge in [-0.25, -0.2) is 4.79 Å². The smallest absolute Gasteiger partial charge is 0.410 e. The van der Waals surface area contributed by atoms with Crippen LogP contribution in [0, 0.1) is 0 Å². The summed E-state index contributed by atoms with van der Waals surface area (Å²) in [5.74, 6) is 0.809. The van der Waals surface area contributed by atoms with Crippen molar-refractivity contribution in [2.45, 2.75) is 26.4 Å². The Morgan fingerprint density at radius 3 is 2.40 bits per heavy atom. The molecule has 0 radical (unpaired) electrons. The van der Waals surface area contributed by atoms with Crippen LogP contribution in [0.15, 0.2) is 53.9 Å². The average molecular weight is 509 g/mol. The number of hydrogen-bond donors (Lipinski definition) is 0. The van der Waals surface area contributed by atoms with E-state index in [1.165, 1.54) is 5.00 Å². The van der Waals surface area contributed by atoms with Crippen molar-refractivity contribution in [3.63, 3.8) is 0 Å². The van der Waals surface area contributed by atoms with Gasteiger partial charge < -0.3 is 19.3 Å². The fraction of sp³-hybridized carbons (Fsp3) is 0.321. The molecule has 0 bridgehead atoms. The molecule has 3 aromatic carbocycles. The van der Waals surface area contributed by atoms with Crippen LogP contribution in [-0.2, 0) is 4.74 Å². The van der Waals surface area contributed by atoms with E-state index in [0.29, 0.717) is 18.1 Å². The van der Waals surface area contributed by atoms with Gasteiger partial charge in [-0.2, -0.15) is 0 Å². The van der Waals surface area contributed by atoms with Gasteiger partial charge in [-0.05, 0) is 66.8 Å². The molecule has 1 aliphatic heterocycles. The molecule has 1 amide bonds. The highest BCUT2D eigenvalue weighted by Gasteiger charge is 2.27. The number of halogens is 1. The number of anilines is 1. The van der Waals surface area contributed by atoms with Gasteiger partial charge in [-0.1, -0.05) is 35.9 Å². The van der Waals surface area contributed by atoms with Crippen LogP contribution < -0.4 is 9.64 Å². The van der Waals surface area contributed by atoms with E-state index < -0.39 is 5.60 Å². The predicted molar refractivity (Wildman–Crippen MR) is 146 cm³/mol. The second-order valence-corrected chi connectivity index (χ2v) is 11.1. The maximum atomic E-state index is 12.4. The van der Waals surface area contributed by atoms with E-state index in [-0.39, 0.29) is 6.09 Å². The van der Waals surface area contributed by atoms with Gasteiger partial charge in [0.15, 0.2) is 0 Å². The van der Waals surface area contributed by atoms with Crippen LogP contribution in [0.4, 0.5) is 9.80 Å². The van der Waals surface area contributed by atoms with Crippen LogP contribution in [0.3, 0.4) is 0 Å². The lowest BCUT2D eigenvalue weighted by Gasteiger charge is -2.36. The first-order valence-electron chi connectivity index (χ1n) is 11.7. The van der Waals surface area contributed by atoms with Gasteiger partial charge in [-0.3, -0.25) is 0 Å². The molecule has 4 aromatic rings. The summed E-state index contributed by atoms with van der Waals surface area (Å²) in [5, 5.41) is 8.64. The van der Waals surface area contributed by atoms with Crippen LogP contribution in [0.5, 0.6) is 5.75 Å². The Hall–Kier alpha value is -2.96. The third kappa shape index (κ3) is 4.78. The van der Waals surface area contributed by atoms with Crippen molar-refractivity contribution in [2.75, 3.05) is 38.2 Å². The monoisotopic (exact) mass is 508 g/mol. The fourth-order valence-corrected chi connectivity index (χ4v) is 5.88. The summed E-state index contributed by atoms with van der Waals surface area (Å²) in [4.78, 5) is 16.6. The average Bonchev–Trinajstić information content (AvgIpc) is 3.24. The number of piperazine rings is 1. The van der Waals surface area contributed by atoms with Gasteiger partial charge in [-0.15, -0.1) is 11.3 Å². The van der Waals surface area contributed by atoms with Crippen molar-refractivity contribution >= 4 is 55.6 Å². The third-order valence-electron chi connectivity index (χ3n) is 6.25.